The number of hydrogen-bond acceptors (Lipinski definition) is 5. The molecule has 92 valence electrons. The number of nitrogens with zero attached hydrogens (tertiary/aromatic N) is 3. The Kier molecular flexibility index (Phi) is 3.90. The van der Waals surface area contributed by atoms with Crippen LogP contribution in [0.4, 0.5) is 5.82 Å². The van der Waals surface area contributed by atoms with Crippen molar-refractivity contribution in [3.63, 3.8) is 0 Å². The average Bonchev–Trinajstić information content (AvgIpc) is 2.67. The molecule has 0 unspecified atom stereocenters. The lowest BCUT2D eigenvalue weighted by Crippen LogP contribution is -2.25. The number of rotatable bonds is 2. The summed E-state index contributed by atoms with van der Waals surface area (Å²) in [6.07, 6.45) is 8.08. The van der Waals surface area contributed by atoms with Crippen molar-refractivity contribution < 1.29 is 9.53 Å². The SMILES string of the molecule is COC(=O)c1cnc(N2CCCCCC2)cn1. The van der Waals surface area contributed by atoms with Gasteiger partial charge in [-0.25, -0.2) is 14.8 Å². The van der Waals surface area contributed by atoms with E-state index in [1.807, 2.05) is 0 Å². The predicted octanol–water partition coefficient (Wildman–Crippen LogP) is 1.64. The van der Waals surface area contributed by atoms with Gasteiger partial charge in [-0.3, -0.25) is 0 Å². The van der Waals surface area contributed by atoms with Gasteiger partial charge in [0, 0.05) is 13.1 Å². The second-order valence-electron chi connectivity index (χ2n) is 4.15. The van der Waals surface area contributed by atoms with Gasteiger partial charge in [-0.1, -0.05) is 12.8 Å². The minimum absolute atomic E-state index is 0.256. The third-order valence-corrected chi connectivity index (χ3v) is 2.96. The maximum Gasteiger partial charge on any atom is 0.358 e. The highest BCUT2D eigenvalue weighted by molar-refractivity contribution is 5.86. The molecule has 0 N–H and O–H groups in total. The van der Waals surface area contributed by atoms with Crippen molar-refractivity contribution in [2.24, 2.45) is 0 Å². The monoisotopic (exact) mass is 235 g/mol. The summed E-state index contributed by atoms with van der Waals surface area (Å²) in [5.41, 5.74) is 0.256. The molecule has 0 spiro atoms. The highest BCUT2D eigenvalue weighted by atomic mass is 16.5. The van der Waals surface area contributed by atoms with Crippen LogP contribution in [0.25, 0.3) is 0 Å². The number of methoxy groups -OCH3 is 1. The van der Waals surface area contributed by atoms with Crippen LogP contribution in [0, 0.1) is 0 Å². The zero-order valence-electron chi connectivity index (χ0n) is 10.1. The summed E-state index contributed by atoms with van der Waals surface area (Å²) < 4.78 is 4.59. The lowest BCUT2D eigenvalue weighted by atomic mass is 10.2. The fourth-order valence-electron chi connectivity index (χ4n) is 1.99. The summed E-state index contributed by atoms with van der Waals surface area (Å²) in [6, 6.07) is 0. The van der Waals surface area contributed by atoms with E-state index in [9.17, 15) is 4.79 Å². The van der Waals surface area contributed by atoms with E-state index in [0.29, 0.717) is 0 Å². The molecule has 2 heterocycles. The fraction of sp³-hybridized carbons (Fsp3) is 0.583. The van der Waals surface area contributed by atoms with Gasteiger partial charge in [0.15, 0.2) is 5.69 Å². The average molecular weight is 235 g/mol. The van der Waals surface area contributed by atoms with E-state index in [1.54, 1.807) is 6.20 Å². The van der Waals surface area contributed by atoms with Gasteiger partial charge in [-0.15, -0.1) is 0 Å². The first kappa shape index (κ1) is 11.8. The van der Waals surface area contributed by atoms with Gasteiger partial charge in [0.2, 0.25) is 0 Å². The molecule has 1 aliphatic rings. The molecule has 2 rings (SSSR count). The van der Waals surface area contributed by atoms with Gasteiger partial charge in [0.1, 0.15) is 5.82 Å². The van der Waals surface area contributed by atoms with Crippen LogP contribution in [0.1, 0.15) is 36.2 Å². The summed E-state index contributed by atoms with van der Waals surface area (Å²) >= 11 is 0. The van der Waals surface area contributed by atoms with Crippen LogP contribution in [0.15, 0.2) is 12.4 Å². The fourth-order valence-corrected chi connectivity index (χ4v) is 1.99. The maximum absolute atomic E-state index is 11.2. The molecule has 0 aromatic carbocycles. The van der Waals surface area contributed by atoms with Crippen molar-refractivity contribution in [1.29, 1.82) is 0 Å². The van der Waals surface area contributed by atoms with E-state index < -0.39 is 5.97 Å². The van der Waals surface area contributed by atoms with Crippen molar-refractivity contribution in [3.05, 3.63) is 18.1 Å². The number of aromatic nitrogens is 2. The first-order valence-corrected chi connectivity index (χ1v) is 5.96. The largest absolute Gasteiger partial charge is 0.464 e. The van der Waals surface area contributed by atoms with Crippen LogP contribution in [-0.4, -0.2) is 36.1 Å². The normalized spacial score (nSPS) is 16.4. The highest BCUT2D eigenvalue weighted by Gasteiger charge is 2.13. The molecular formula is C12H17N3O2. The molecule has 1 aliphatic heterocycles. The number of esters is 1. The lowest BCUT2D eigenvalue weighted by Gasteiger charge is -2.20. The molecule has 0 bridgehead atoms. The zero-order chi connectivity index (χ0) is 12.1. The topological polar surface area (TPSA) is 55.3 Å². The van der Waals surface area contributed by atoms with Crippen molar-refractivity contribution in [1.82, 2.24) is 9.97 Å². The first-order valence-electron chi connectivity index (χ1n) is 5.96. The molecule has 1 aromatic rings. The molecular weight excluding hydrogens is 218 g/mol. The highest BCUT2D eigenvalue weighted by Crippen LogP contribution is 2.16. The van der Waals surface area contributed by atoms with Crippen molar-refractivity contribution in [2.75, 3.05) is 25.1 Å². The van der Waals surface area contributed by atoms with Gasteiger partial charge in [-0.05, 0) is 12.8 Å². The van der Waals surface area contributed by atoms with Crippen LogP contribution in [0.5, 0.6) is 0 Å². The molecule has 0 saturated carbocycles. The van der Waals surface area contributed by atoms with Gasteiger partial charge in [-0.2, -0.15) is 0 Å². The number of ether oxygens (including phenoxy) is 1. The molecule has 1 fully saturated rings. The van der Waals surface area contributed by atoms with E-state index in [0.717, 1.165) is 18.9 Å². The molecule has 0 radical (unpaired) electrons. The molecule has 5 heteroatoms. The van der Waals surface area contributed by atoms with Crippen LogP contribution < -0.4 is 4.90 Å². The summed E-state index contributed by atoms with van der Waals surface area (Å²) in [6.45, 7) is 2.04. The molecule has 17 heavy (non-hydrogen) atoms. The number of carbonyl (C=O) groups excluding carboxylic acids is 1. The Morgan fingerprint density at radius 3 is 2.41 bits per heavy atom. The Balaban J connectivity index is 2.08. The first-order chi connectivity index (χ1) is 8.31. The zero-order valence-corrected chi connectivity index (χ0v) is 10.1. The lowest BCUT2D eigenvalue weighted by molar-refractivity contribution is 0.0593. The Bertz CT molecular complexity index is 370. The van der Waals surface area contributed by atoms with Gasteiger partial charge < -0.3 is 9.64 Å². The van der Waals surface area contributed by atoms with Crippen LogP contribution in [0.3, 0.4) is 0 Å². The molecule has 0 amide bonds. The third kappa shape index (κ3) is 2.93. The van der Waals surface area contributed by atoms with Crippen molar-refractivity contribution in [3.8, 4) is 0 Å². The number of carbonyl (C=O) groups is 1. The van der Waals surface area contributed by atoms with E-state index in [4.69, 9.17) is 0 Å². The van der Waals surface area contributed by atoms with Gasteiger partial charge >= 0.3 is 5.97 Å². The van der Waals surface area contributed by atoms with E-state index in [2.05, 4.69) is 19.6 Å². The Hall–Kier alpha value is -1.65. The standard InChI is InChI=1S/C12H17N3O2/c1-17-12(16)10-8-14-11(9-13-10)15-6-4-2-3-5-7-15/h8-9H,2-7H2,1H3. The van der Waals surface area contributed by atoms with Gasteiger partial charge in [0.25, 0.3) is 0 Å². The molecule has 0 atom stereocenters. The smallest absolute Gasteiger partial charge is 0.358 e. The summed E-state index contributed by atoms with van der Waals surface area (Å²) in [5.74, 6) is 0.402. The second kappa shape index (κ2) is 5.61. The van der Waals surface area contributed by atoms with E-state index in [-0.39, 0.29) is 5.69 Å². The maximum atomic E-state index is 11.2. The summed E-state index contributed by atoms with van der Waals surface area (Å²) in [5, 5.41) is 0. The Morgan fingerprint density at radius 1 is 1.18 bits per heavy atom. The Morgan fingerprint density at radius 2 is 1.88 bits per heavy atom. The number of hydrogen-bond donors (Lipinski definition) is 0. The van der Waals surface area contributed by atoms with E-state index in [1.165, 1.54) is 39.0 Å². The molecule has 1 aromatic heterocycles. The summed E-state index contributed by atoms with van der Waals surface area (Å²) in [7, 11) is 1.34. The molecule has 5 nitrogen and oxygen atoms in total. The van der Waals surface area contributed by atoms with Crippen LogP contribution >= 0.6 is 0 Å². The predicted molar refractivity (Wildman–Crippen MR) is 64.1 cm³/mol. The quantitative estimate of drug-likeness (QED) is 0.729. The molecule has 0 aliphatic carbocycles. The summed E-state index contributed by atoms with van der Waals surface area (Å²) in [4.78, 5) is 21.8. The second-order valence-corrected chi connectivity index (χ2v) is 4.15. The number of anilines is 1. The van der Waals surface area contributed by atoms with Crippen LogP contribution in [-0.2, 0) is 4.74 Å². The minimum Gasteiger partial charge on any atom is -0.464 e. The Labute approximate surface area is 101 Å². The third-order valence-electron chi connectivity index (χ3n) is 2.96. The van der Waals surface area contributed by atoms with Gasteiger partial charge in [0.05, 0.1) is 19.5 Å². The molecule has 1 saturated heterocycles. The van der Waals surface area contributed by atoms with Crippen LogP contribution in [0.2, 0.25) is 0 Å². The van der Waals surface area contributed by atoms with E-state index >= 15 is 0 Å². The van der Waals surface area contributed by atoms with Crippen molar-refractivity contribution >= 4 is 11.8 Å². The van der Waals surface area contributed by atoms with Crippen molar-refractivity contribution in [2.45, 2.75) is 25.7 Å². The minimum atomic E-state index is -0.445.